The number of nitrogens with one attached hydrogen (secondary N) is 1. The van der Waals surface area contributed by atoms with Gasteiger partial charge in [0.1, 0.15) is 6.33 Å². The Hall–Kier alpha value is -2.18. The van der Waals surface area contributed by atoms with Gasteiger partial charge < -0.3 is 15.8 Å². The molecule has 3 N–H and O–H groups in total. The van der Waals surface area contributed by atoms with Crippen LogP contribution in [0.3, 0.4) is 0 Å². The maximum Gasteiger partial charge on any atom is 0.407 e. The van der Waals surface area contributed by atoms with Crippen LogP contribution in [0.2, 0.25) is 0 Å². The molecule has 0 aliphatic heterocycles. The van der Waals surface area contributed by atoms with E-state index in [1.807, 2.05) is 0 Å². The third kappa shape index (κ3) is 7.69. The molecule has 7 heteroatoms. The highest BCUT2D eigenvalue weighted by Crippen LogP contribution is 2.03. The Labute approximate surface area is 111 Å². The Kier molecular flexibility index (Phi) is 6.93. The fraction of sp³-hybridized carbons (Fsp3) is 0.500. The first-order chi connectivity index (χ1) is 9.18. The van der Waals surface area contributed by atoms with Gasteiger partial charge in [-0.3, -0.25) is 4.79 Å². The van der Waals surface area contributed by atoms with Crippen LogP contribution in [-0.2, 0) is 16.0 Å². The molecule has 0 saturated carbocycles. The topological polar surface area (TPSA) is 107 Å². The zero-order valence-electron chi connectivity index (χ0n) is 10.7. The molecule has 19 heavy (non-hydrogen) atoms. The highest BCUT2D eigenvalue weighted by molar-refractivity contribution is 5.78. The number of rotatable bonds is 8. The van der Waals surface area contributed by atoms with Gasteiger partial charge in [-0.2, -0.15) is 0 Å². The molecule has 2 amide bonds. The van der Waals surface area contributed by atoms with Crippen LogP contribution in [0.15, 0.2) is 18.7 Å². The van der Waals surface area contributed by atoms with Crippen LogP contribution in [0.25, 0.3) is 0 Å². The van der Waals surface area contributed by atoms with Crippen LogP contribution in [0, 0.1) is 0 Å². The van der Waals surface area contributed by atoms with Gasteiger partial charge in [0.2, 0.25) is 0 Å². The Balaban J connectivity index is 1.96. The van der Waals surface area contributed by atoms with E-state index >= 15 is 0 Å². The van der Waals surface area contributed by atoms with Crippen molar-refractivity contribution in [3.8, 4) is 0 Å². The summed E-state index contributed by atoms with van der Waals surface area (Å²) in [5.74, 6) is -0.666. The number of amides is 2. The van der Waals surface area contributed by atoms with Gasteiger partial charge in [0.15, 0.2) is 6.61 Å². The summed E-state index contributed by atoms with van der Waals surface area (Å²) in [5.41, 5.74) is 5.94. The lowest BCUT2D eigenvalue weighted by Crippen LogP contribution is -2.29. The second kappa shape index (κ2) is 8.84. The van der Waals surface area contributed by atoms with Gasteiger partial charge in [-0.1, -0.05) is 6.42 Å². The summed E-state index contributed by atoms with van der Waals surface area (Å²) in [6, 6.07) is 0. The molecule has 0 spiro atoms. The fourth-order valence-electron chi connectivity index (χ4n) is 1.47. The third-order valence-electron chi connectivity index (χ3n) is 2.37. The fourth-order valence-corrected chi connectivity index (χ4v) is 1.47. The Morgan fingerprint density at radius 2 is 1.95 bits per heavy atom. The molecule has 0 atom stereocenters. The van der Waals surface area contributed by atoms with E-state index in [1.54, 1.807) is 12.4 Å². The van der Waals surface area contributed by atoms with E-state index in [-0.39, 0.29) is 6.61 Å². The van der Waals surface area contributed by atoms with Crippen molar-refractivity contribution >= 4 is 12.0 Å². The van der Waals surface area contributed by atoms with E-state index in [0.717, 1.165) is 31.2 Å². The number of aryl methyl sites for hydroxylation is 1. The molecule has 1 rings (SSSR count). The number of nitrogens with zero attached hydrogens (tertiary/aromatic N) is 2. The van der Waals surface area contributed by atoms with Crippen molar-refractivity contribution < 1.29 is 14.3 Å². The van der Waals surface area contributed by atoms with Gasteiger partial charge in [0.25, 0.3) is 5.91 Å². The highest BCUT2D eigenvalue weighted by atomic mass is 16.6. The summed E-state index contributed by atoms with van der Waals surface area (Å²) in [6.45, 7) is 0.128. The predicted molar refractivity (Wildman–Crippen MR) is 68.1 cm³/mol. The molecular formula is C12H18N4O3. The first-order valence-electron chi connectivity index (χ1n) is 6.11. The molecule has 0 bridgehead atoms. The number of nitrogens with two attached hydrogens (primary N) is 1. The summed E-state index contributed by atoms with van der Waals surface area (Å²) in [4.78, 5) is 29.3. The number of carbonyl (C=O) groups is 2. The first kappa shape index (κ1) is 14.9. The summed E-state index contributed by atoms with van der Waals surface area (Å²) >= 11 is 0. The number of unbranched alkanes of at least 4 members (excludes halogenated alkanes) is 2. The lowest BCUT2D eigenvalue weighted by atomic mass is 10.1. The molecule has 1 heterocycles. The van der Waals surface area contributed by atoms with Crippen molar-refractivity contribution in [2.45, 2.75) is 25.7 Å². The van der Waals surface area contributed by atoms with Gasteiger partial charge in [-0.25, -0.2) is 14.8 Å². The molecule has 0 aromatic carbocycles. The Morgan fingerprint density at radius 1 is 1.21 bits per heavy atom. The molecule has 7 nitrogen and oxygen atoms in total. The van der Waals surface area contributed by atoms with Crippen LogP contribution in [0.4, 0.5) is 4.79 Å². The quantitative estimate of drug-likeness (QED) is 0.662. The number of alkyl carbamates (subject to hydrolysis) is 1. The molecule has 0 fully saturated rings. The second-order valence-corrected chi connectivity index (χ2v) is 4.03. The van der Waals surface area contributed by atoms with Crippen molar-refractivity contribution in [1.82, 2.24) is 15.3 Å². The van der Waals surface area contributed by atoms with E-state index < -0.39 is 12.0 Å². The number of hydrogen-bond donors (Lipinski definition) is 2. The lowest BCUT2D eigenvalue weighted by Gasteiger charge is -2.05. The molecule has 1 aromatic rings. The Bertz CT molecular complexity index is 397. The van der Waals surface area contributed by atoms with E-state index in [4.69, 9.17) is 5.73 Å². The molecule has 0 saturated heterocycles. The maximum absolute atomic E-state index is 11.0. The van der Waals surface area contributed by atoms with Crippen molar-refractivity contribution in [3.63, 3.8) is 0 Å². The maximum atomic E-state index is 11.0. The average molecular weight is 266 g/mol. The van der Waals surface area contributed by atoms with Crippen LogP contribution in [-0.4, -0.2) is 35.1 Å². The van der Waals surface area contributed by atoms with Crippen LogP contribution in [0.5, 0.6) is 0 Å². The van der Waals surface area contributed by atoms with E-state index in [0.29, 0.717) is 6.54 Å². The molecule has 1 aromatic heterocycles. The molecule has 104 valence electrons. The second-order valence-electron chi connectivity index (χ2n) is 4.03. The van der Waals surface area contributed by atoms with Crippen molar-refractivity contribution in [2.75, 3.05) is 13.2 Å². The summed E-state index contributed by atoms with van der Waals surface area (Å²) < 4.78 is 4.54. The minimum Gasteiger partial charge on any atom is -0.439 e. The summed E-state index contributed by atoms with van der Waals surface area (Å²) in [7, 11) is 0. The molecule has 0 unspecified atom stereocenters. The third-order valence-corrected chi connectivity index (χ3v) is 2.37. The molecule has 0 aliphatic rings. The number of ether oxygens (including phenoxy) is 1. The van der Waals surface area contributed by atoms with E-state index in [1.165, 1.54) is 6.33 Å². The van der Waals surface area contributed by atoms with Crippen molar-refractivity contribution in [1.29, 1.82) is 0 Å². The number of aromatic nitrogens is 2. The van der Waals surface area contributed by atoms with E-state index in [2.05, 4.69) is 20.0 Å². The average Bonchev–Trinajstić information content (AvgIpc) is 2.41. The van der Waals surface area contributed by atoms with Crippen molar-refractivity contribution in [3.05, 3.63) is 24.3 Å². The normalized spacial score (nSPS) is 9.89. The molecule has 0 aliphatic carbocycles. The molecular weight excluding hydrogens is 248 g/mol. The number of carbonyl (C=O) groups excluding carboxylic acids is 2. The smallest absolute Gasteiger partial charge is 0.407 e. The van der Waals surface area contributed by atoms with Crippen LogP contribution < -0.4 is 11.1 Å². The monoisotopic (exact) mass is 266 g/mol. The van der Waals surface area contributed by atoms with Crippen molar-refractivity contribution in [2.24, 2.45) is 5.73 Å². The minimum absolute atomic E-state index is 0.389. The minimum atomic E-state index is -0.666. The largest absolute Gasteiger partial charge is 0.439 e. The zero-order valence-corrected chi connectivity index (χ0v) is 10.7. The first-order valence-corrected chi connectivity index (χ1v) is 6.11. The van der Waals surface area contributed by atoms with Crippen LogP contribution in [0.1, 0.15) is 24.8 Å². The van der Waals surface area contributed by atoms with Gasteiger partial charge in [0, 0.05) is 18.9 Å². The van der Waals surface area contributed by atoms with Gasteiger partial charge >= 0.3 is 6.09 Å². The van der Waals surface area contributed by atoms with E-state index in [9.17, 15) is 9.59 Å². The SMILES string of the molecule is NC(=O)COC(=O)NCCCCCc1cncnc1. The Morgan fingerprint density at radius 3 is 2.63 bits per heavy atom. The summed E-state index contributed by atoms with van der Waals surface area (Å²) in [5, 5.41) is 2.54. The predicted octanol–water partition coefficient (Wildman–Crippen LogP) is 0.401. The summed E-state index contributed by atoms with van der Waals surface area (Å²) in [6.07, 6.45) is 8.24. The standard InChI is InChI=1S/C12H18N4O3/c13-11(17)8-19-12(18)16-5-3-1-2-4-10-6-14-9-15-7-10/h6-7,9H,1-5,8H2,(H2,13,17)(H,16,18). The van der Waals surface area contributed by atoms with Gasteiger partial charge in [-0.15, -0.1) is 0 Å². The van der Waals surface area contributed by atoms with Crippen LogP contribution >= 0.6 is 0 Å². The number of primary amides is 1. The highest BCUT2D eigenvalue weighted by Gasteiger charge is 2.02. The van der Waals surface area contributed by atoms with Gasteiger partial charge in [0.05, 0.1) is 0 Å². The molecule has 0 radical (unpaired) electrons. The zero-order chi connectivity index (χ0) is 13.9. The lowest BCUT2D eigenvalue weighted by molar-refractivity contribution is -0.120. The van der Waals surface area contributed by atoms with Gasteiger partial charge in [-0.05, 0) is 24.8 Å². The number of hydrogen-bond acceptors (Lipinski definition) is 5.